The molecule has 3 amide bonds. The molecule has 1 heterocycles. The first kappa shape index (κ1) is 29.6. The molecule has 0 aliphatic carbocycles. The summed E-state index contributed by atoms with van der Waals surface area (Å²) in [7, 11) is -4.09. The van der Waals surface area contributed by atoms with Crippen molar-refractivity contribution in [2.75, 3.05) is 6.54 Å². The van der Waals surface area contributed by atoms with E-state index in [4.69, 9.17) is 23.2 Å². The van der Waals surface area contributed by atoms with Crippen molar-refractivity contribution < 1.29 is 22.8 Å². The Morgan fingerprint density at radius 3 is 2.30 bits per heavy atom. The molecule has 0 unspecified atom stereocenters. The van der Waals surface area contributed by atoms with Crippen molar-refractivity contribution in [3.63, 3.8) is 0 Å². The highest BCUT2D eigenvalue weighted by atomic mass is 35.5. The number of nitrogens with one attached hydrogen (secondary N) is 1. The van der Waals surface area contributed by atoms with E-state index in [1.807, 2.05) is 44.2 Å². The van der Waals surface area contributed by atoms with Gasteiger partial charge in [0, 0.05) is 42.0 Å². The molecule has 0 saturated heterocycles. The smallest absolute Gasteiger partial charge is 0.269 e. The molecule has 0 fully saturated rings. The van der Waals surface area contributed by atoms with Crippen LogP contribution >= 0.6 is 23.2 Å². The quantitative estimate of drug-likeness (QED) is 0.363. The molecule has 0 bridgehead atoms. The molecule has 1 N–H and O–H groups in total. The maximum Gasteiger partial charge on any atom is 0.269 e. The SMILES string of the molecule is CC(C)NC(=O)[C@@H](Cc1ccccc1)N(Cc1ccc(Cl)cc1Cl)C(=O)CCN1C(=O)c2ccccc2S1(=O)=O. The lowest BCUT2D eigenvalue weighted by Crippen LogP contribution is -2.52. The Balaban J connectivity index is 1.66. The molecular weight excluding hydrogens is 573 g/mol. The average Bonchev–Trinajstić information content (AvgIpc) is 3.10. The Morgan fingerprint density at radius 1 is 0.975 bits per heavy atom. The highest BCUT2D eigenvalue weighted by Gasteiger charge is 2.41. The number of carbonyl (C=O) groups excluding carboxylic acids is 3. The molecule has 1 aliphatic rings. The largest absolute Gasteiger partial charge is 0.352 e. The molecule has 3 aromatic carbocycles. The van der Waals surface area contributed by atoms with Gasteiger partial charge in [0.2, 0.25) is 11.8 Å². The van der Waals surface area contributed by atoms with Crippen LogP contribution in [-0.2, 0) is 32.6 Å². The third kappa shape index (κ3) is 6.49. The zero-order valence-electron chi connectivity index (χ0n) is 22.0. The van der Waals surface area contributed by atoms with E-state index in [0.29, 0.717) is 19.9 Å². The predicted octanol–water partition coefficient (Wildman–Crippen LogP) is 4.69. The number of fused-ring (bicyclic) bond motifs is 1. The molecule has 0 radical (unpaired) electrons. The van der Waals surface area contributed by atoms with Gasteiger partial charge in [-0.05, 0) is 49.2 Å². The fourth-order valence-corrected chi connectivity index (χ4v) is 6.60. The van der Waals surface area contributed by atoms with Crippen molar-refractivity contribution in [2.45, 2.75) is 50.2 Å². The lowest BCUT2D eigenvalue weighted by atomic mass is 10.0. The summed E-state index contributed by atoms with van der Waals surface area (Å²) in [6, 6.07) is 18.9. The first-order valence-electron chi connectivity index (χ1n) is 12.7. The summed E-state index contributed by atoms with van der Waals surface area (Å²) in [4.78, 5) is 41.5. The second-order valence-corrected chi connectivity index (χ2v) is 12.4. The highest BCUT2D eigenvalue weighted by Crippen LogP contribution is 2.30. The summed E-state index contributed by atoms with van der Waals surface area (Å²) in [5, 5.41) is 3.63. The number of benzene rings is 3. The van der Waals surface area contributed by atoms with Gasteiger partial charge in [0.15, 0.2) is 0 Å². The van der Waals surface area contributed by atoms with E-state index in [-0.39, 0.29) is 48.3 Å². The lowest BCUT2D eigenvalue weighted by Gasteiger charge is -2.32. The molecule has 3 aromatic rings. The summed E-state index contributed by atoms with van der Waals surface area (Å²) in [6.07, 6.45) is -0.118. The maximum absolute atomic E-state index is 13.8. The van der Waals surface area contributed by atoms with Crippen molar-refractivity contribution in [1.29, 1.82) is 0 Å². The molecule has 210 valence electrons. The Hall–Kier alpha value is -3.40. The molecule has 0 saturated carbocycles. The fourth-order valence-electron chi connectivity index (χ4n) is 4.56. The Morgan fingerprint density at radius 2 is 1.65 bits per heavy atom. The van der Waals surface area contributed by atoms with Gasteiger partial charge in [0.05, 0.1) is 5.56 Å². The fraction of sp³-hybridized carbons (Fsp3) is 0.276. The topological polar surface area (TPSA) is 104 Å². The monoisotopic (exact) mass is 601 g/mol. The number of hydrogen-bond acceptors (Lipinski definition) is 5. The van der Waals surface area contributed by atoms with Crippen LogP contribution in [-0.4, -0.2) is 54.0 Å². The van der Waals surface area contributed by atoms with Crippen molar-refractivity contribution in [2.24, 2.45) is 0 Å². The van der Waals surface area contributed by atoms with Gasteiger partial charge in [-0.1, -0.05) is 71.7 Å². The Labute approximate surface area is 243 Å². The van der Waals surface area contributed by atoms with Gasteiger partial charge in [-0.3, -0.25) is 14.4 Å². The molecule has 40 heavy (non-hydrogen) atoms. The highest BCUT2D eigenvalue weighted by molar-refractivity contribution is 7.90. The Kier molecular flexibility index (Phi) is 9.18. The van der Waals surface area contributed by atoms with Gasteiger partial charge in [-0.25, -0.2) is 12.7 Å². The van der Waals surface area contributed by atoms with Crippen molar-refractivity contribution in [1.82, 2.24) is 14.5 Å². The van der Waals surface area contributed by atoms with Gasteiger partial charge < -0.3 is 10.2 Å². The van der Waals surface area contributed by atoms with E-state index in [2.05, 4.69) is 5.32 Å². The van der Waals surface area contributed by atoms with Crippen LogP contribution in [0.3, 0.4) is 0 Å². The summed E-state index contributed by atoms with van der Waals surface area (Å²) in [5.74, 6) is -1.56. The molecule has 8 nitrogen and oxygen atoms in total. The first-order valence-corrected chi connectivity index (χ1v) is 14.9. The van der Waals surface area contributed by atoms with Gasteiger partial charge in [-0.2, -0.15) is 0 Å². The summed E-state index contributed by atoms with van der Waals surface area (Å²) in [5.41, 5.74) is 1.46. The van der Waals surface area contributed by atoms with E-state index in [1.165, 1.54) is 23.1 Å². The van der Waals surface area contributed by atoms with Gasteiger partial charge in [-0.15, -0.1) is 0 Å². The number of sulfonamides is 1. The molecule has 0 spiro atoms. The lowest BCUT2D eigenvalue weighted by molar-refractivity contribution is -0.141. The van der Waals surface area contributed by atoms with E-state index in [0.717, 1.165) is 5.56 Å². The second-order valence-electron chi connectivity index (χ2n) is 9.75. The minimum absolute atomic E-state index is 0.0290. The Bertz CT molecular complexity index is 1530. The zero-order valence-corrected chi connectivity index (χ0v) is 24.3. The third-order valence-electron chi connectivity index (χ3n) is 6.50. The number of hydrogen-bond donors (Lipinski definition) is 1. The number of halogens is 2. The van der Waals surface area contributed by atoms with Gasteiger partial charge in [0.25, 0.3) is 15.9 Å². The molecule has 1 aliphatic heterocycles. The molecule has 0 aromatic heterocycles. The van der Waals surface area contributed by atoms with Crippen LogP contribution in [0.4, 0.5) is 0 Å². The zero-order chi connectivity index (χ0) is 29.0. The van der Waals surface area contributed by atoms with Crippen LogP contribution in [0.1, 0.15) is 41.8 Å². The number of nitrogens with zero attached hydrogens (tertiary/aromatic N) is 2. The minimum atomic E-state index is -4.09. The third-order valence-corrected chi connectivity index (χ3v) is 8.93. The van der Waals surface area contributed by atoms with E-state index < -0.39 is 27.9 Å². The molecule has 4 rings (SSSR count). The number of carbonyl (C=O) groups is 3. The first-order chi connectivity index (χ1) is 19.0. The van der Waals surface area contributed by atoms with Crippen molar-refractivity contribution in [3.05, 3.63) is 99.5 Å². The minimum Gasteiger partial charge on any atom is -0.352 e. The summed E-state index contributed by atoms with van der Waals surface area (Å²) >= 11 is 12.5. The van der Waals surface area contributed by atoms with Crippen molar-refractivity contribution >= 4 is 50.9 Å². The van der Waals surface area contributed by atoms with Crippen LogP contribution in [0.25, 0.3) is 0 Å². The van der Waals surface area contributed by atoms with Crippen LogP contribution in [0, 0.1) is 0 Å². The van der Waals surface area contributed by atoms with Crippen LogP contribution in [0.15, 0.2) is 77.7 Å². The van der Waals surface area contributed by atoms with E-state index >= 15 is 0 Å². The van der Waals surface area contributed by atoms with Crippen molar-refractivity contribution in [3.8, 4) is 0 Å². The van der Waals surface area contributed by atoms with E-state index in [1.54, 1.807) is 24.3 Å². The predicted molar refractivity (Wildman–Crippen MR) is 154 cm³/mol. The maximum atomic E-state index is 13.8. The molecular formula is C29H29Cl2N3O5S. The molecule has 1 atom stereocenters. The van der Waals surface area contributed by atoms with Gasteiger partial charge in [0.1, 0.15) is 10.9 Å². The standard InChI is InChI=1S/C29H29Cl2N3O5S/c1-19(2)32-28(36)25(16-20-8-4-3-5-9-20)33(18-21-12-13-22(30)17-24(21)31)27(35)14-15-34-29(37)23-10-6-7-11-26(23)40(34,38)39/h3-13,17,19,25H,14-16,18H2,1-2H3,(H,32,36)/t25-/m1/s1. The average molecular weight is 603 g/mol. The van der Waals surface area contributed by atoms with Gasteiger partial charge >= 0.3 is 0 Å². The normalized spacial score (nSPS) is 14.6. The summed E-state index contributed by atoms with van der Waals surface area (Å²) in [6.45, 7) is 3.24. The number of amides is 3. The van der Waals surface area contributed by atoms with Crippen LogP contribution in [0.5, 0.6) is 0 Å². The second kappa shape index (κ2) is 12.4. The van der Waals surface area contributed by atoms with Crippen LogP contribution in [0.2, 0.25) is 10.0 Å². The van der Waals surface area contributed by atoms with Crippen LogP contribution < -0.4 is 5.32 Å². The molecule has 11 heteroatoms. The van der Waals surface area contributed by atoms with E-state index in [9.17, 15) is 22.8 Å². The summed E-state index contributed by atoms with van der Waals surface area (Å²) < 4.78 is 26.8. The number of rotatable bonds is 10.